The number of aromatic hydroxyl groups is 1. The number of hydrogen-bond acceptors (Lipinski definition) is 4. The van der Waals surface area contributed by atoms with Crippen LogP contribution < -0.4 is 10.5 Å². The maximum absolute atomic E-state index is 10.1. The van der Waals surface area contributed by atoms with Gasteiger partial charge < -0.3 is 20.7 Å². The monoisotopic (exact) mass is 253 g/mol. The van der Waals surface area contributed by atoms with E-state index in [1.807, 2.05) is 20.8 Å². The van der Waals surface area contributed by atoms with Crippen LogP contribution in [0.15, 0.2) is 18.2 Å². The van der Waals surface area contributed by atoms with Crippen molar-refractivity contribution in [1.29, 1.82) is 0 Å². The van der Waals surface area contributed by atoms with Crippen LogP contribution in [0.4, 0.5) is 0 Å². The van der Waals surface area contributed by atoms with Crippen molar-refractivity contribution in [3.8, 4) is 11.5 Å². The quantitative estimate of drug-likeness (QED) is 0.769. The van der Waals surface area contributed by atoms with Gasteiger partial charge in [0, 0.05) is 6.04 Å². The number of methoxy groups -OCH3 is 1. The lowest BCUT2D eigenvalue weighted by molar-refractivity contribution is 0.133. The Bertz CT molecular complexity index is 399. The molecule has 0 unspecified atom stereocenters. The van der Waals surface area contributed by atoms with Crippen molar-refractivity contribution in [2.24, 2.45) is 11.1 Å². The molecule has 4 nitrogen and oxygen atoms in total. The van der Waals surface area contributed by atoms with Crippen LogP contribution in [0.3, 0.4) is 0 Å². The van der Waals surface area contributed by atoms with Gasteiger partial charge in [-0.1, -0.05) is 26.8 Å². The molecule has 0 heterocycles. The predicted octanol–water partition coefficient (Wildman–Crippen LogP) is 2.20. The summed E-state index contributed by atoms with van der Waals surface area (Å²) in [6.45, 7) is 6.11. The molecule has 0 saturated carbocycles. The van der Waals surface area contributed by atoms with E-state index in [2.05, 4.69) is 0 Å². The Labute approximate surface area is 108 Å². The number of phenols is 1. The molecule has 0 radical (unpaired) electrons. The van der Waals surface area contributed by atoms with Crippen LogP contribution in [0, 0.1) is 5.41 Å². The molecule has 0 aromatic heterocycles. The highest BCUT2D eigenvalue weighted by Crippen LogP contribution is 2.32. The third-order valence-corrected chi connectivity index (χ3v) is 3.18. The molecule has 18 heavy (non-hydrogen) atoms. The molecule has 0 fully saturated rings. The van der Waals surface area contributed by atoms with Crippen molar-refractivity contribution in [2.45, 2.75) is 39.3 Å². The molecule has 0 spiro atoms. The van der Waals surface area contributed by atoms with Gasteiger partial charge in [-0.2, -0.15) is 0 Å². The molecule has 1 aromatic carbocycles. The molecule has 1 aromatic rings. The molecule has 0 aliphatic carbocycles. The molecule has 2 atom stereocenters. The Morgan fingerprint density at radius 2 is 1.94 bits per heavy atom. The third kappa shape index (κ3) is 3.62. The van der Waals surface area contributed by atoms with E-state index in [0.717, 1.165) is 0 Å². The van der Waals surface area contributed by atoms with Crippen LogP contribution in [0.5, 0.6) is 11.5 Å². The van der Waals surface area contributed by atoms with Crippen molar-refractivity contribution in [3.05, 3.63) is 23.8 Å². The summed E-state index contributed by atoms with van der Waals surface area (Å²) in [6, 6.07) is 4.77. The molecule has 4 N–H and O–H groups in total. The highest BCUT2D eigenvalue weighted by atomic mass is 16.5. The number of aliphatic hydroxyl groups excluding tert-OH is 1. The molecule has 4 heteroatoms. The minimum absolute atomic E-state index is 0.0263. The molecule has 1 rings (SSSR count). The zero-order valence-corrected chi connectivity index (χ0v) is 11.5. The molecule has 0 aliphatic rings. The van der Waals surface area contributed by atoms with Gasteiger partial charge in [0.25, 0.3) is 0 Å². The van der Waals surface area contributed by atoms with E-state index in [-0.39, 0.29) is 17.2 Å². The van der Waals surface area contributed by atoms with Gasteiger partial charge in [0.15, 0.2) is 11.5 Å². The average molecular weight is 253 g/mol. The van der Waals surface area contributed by atoms with Gasteiger partial charge in [-0.3, -0.25) is 0 Å². The summed E-state index contributed by atoms with van der Waals surface area (Å²) in [5, 5.41) is 19.8. The maximum Gasteiger partial charge on any atom is 0.160 e. The fraction of sp³-hybridized carbons (Fsp3) is 0.571. The molecule has 0 amide bonds. The first-order chi connectivity index (χ1) is 8.25. The first-order valence-corrected chi connectivity index (χ1v) is 6.06. The molecule has 0 aliphatic heterocycles. The van der Waals surface area contributed by atoms with E-state index in [1.54, 1.807) is 12.1 Å². The van der Waals surface area contributed by atoms with Crippen molar-refractivity contribution in [2.75, 3.05) is 7.11 Å². The van der Waals surface area contributed by atoms with Gasteiger partial charge in [0.1, 0.15) is 0 Å². The molecule has 0 saturated heterocycles. The average Bonchev–Trinajstić information content (AvgIpc) is 2.27. The first-order valence-electron chi connectivity index (χ1n) is 6.06. The fourth-order valence-corrected chi connectivity index (χ4v) is 1.64. The van der Waals surface area contributed by atoms with Gasteiger partial charge in [-0.15, -0.1) is 0 Å². The second-order valence-electron chi connectivity index (χ2n) is 5.66. The summed E-state index contributed by atoms with van der Waals surface area (Å²) >= 11 is 0. The van der Waals surface area contributed by atoms with Gasteiger partial charge >= 0.3 is 0 Å². The SMILES string of the molecule is COc1ccc([C@H](O)C[C@@H](N)C(C)(C)C)cc1O. The van der Waals surface area contributed by atoms with Crippen LogP contribution >= 0.6 is 0 Å². The van der Waals surface area contributed by atoms with Gasteiger partial charge in [-0.05, 0) is 29.5 Å². The zero-order valence-electron chi connectivity index (χ0n) is 11.5. The Hall–Kier alpha value is -1.26. The van der Waals surface area contributed by atoms with E-state index < -0.39 is 6.10 Å². The zero-order chi connectivity index (χ0) is 13.9. The topological polar surface area (TPSA) is 75.7 Å². The Morgan fingerprint density at radius 3 is 2.39 bits per heavy atom. The summed E-state index contributed by atoms with van der Waals surface area (Å²) in [4.78, 5) is 0. The van der Waals surface area contributed by atoms with Gasteiger partial charge in [0.2, 0.25) is 0 Å². The number of hydrogen-bond donors (Lipinski definition) is 3. The Balaban J connectivity index is 2.79. The molecular weight excluding hydrogens is 230 g/mol. The smallest absolute Gasteiger partial charge is 0.160 e. The first kappa shape index (κ1) is 14.8. The molecule has 102 valence electrons. The van der Waals surface area contributed by atoms with Gasteiger partial charge in [-0.25, -0.2) is 0 Å². The summed E-state index contributed by atoms with van der Waals surface area (Å²) < 4.78 is 4.96. The summed E-state index contributed by atoms with van der Waals surface area (Å²) in [6.07, 6.45) is -0.231. The van der Waals surface area contributed by atoms with Crippen LogP contribution in [-0.2, 0) is 0 Å². The van der Waals surface area contributed by atoms with E-state index in [9.17, 15) is 10.2 Å². The molecule has 0 bridgehead atoms. The van der Waals surface area contributed by atoms with E-state index in [1.165, 1.54) is 13.2 Å². The van der Waals surface area contributed by atoms with Crippen molar-refractivity contribution < 1.29 is 14.9 Å². The van der Waals surface area contributed by atoms with E-state index in [4.69, 9.17) is 10.5 Å². The summed E-state index contributed by atoms with van der Waals surface area (Å²) in [5.74, 6) is 0.421. The highest BCUT2D eigenvalue weighted by Gasteiger charge is 2.24. The maximum atomic E-state index is 10.1. The second-order valence-corrected chi connectivity index (χ2v) is 5.66. The predicted molar refractivity (Wildman–Crippen MR) is 71.7 cm³/mol. The van der Waals surface area contributed by atoms with Crippen LogP contribution in [0.2, 0.25) is 0 Å². The lowest BCUT2D eigenvalue weighted by atomic mass is 9.83. The number of benzene rings is 1. The second kappa shape index (κ2) is 5.59. The molecular formula is C14H23NO3. The van der Waals surface area contributed by atoms with Crippen molar-refractivity contribution >= 4 is 0 Å². The summed E-state index contributed by atoms with van der Waals surface area (Å²) in [5.41, 5.74) is 6.62. The Morgan fingerprint density at radius 1 is 1.33 bits per heavy atom. The number of phenolic OH excluding ortho intramolecular Hbond substituents is 1. The number of nitrogens with two attached hydrogens (primary N) is 1. The van der Waals surface area contributed by atoms with Crippen LogP contribution in [-0.4, -0.2) is 23.4 Å². The van der Waals surface area contributed by atoms with Crippen LogP contribution in [0.1, 0.15) is 38.9 Å². The van der Waals surface area contributed by atoms with E-state index >= 15 is 0 Å². The normalized spacial score (nSPS) is 15.2. The number of aliphatic hydroxyl groups is 1. The van der Waals surface area contributed by atoms with Gasteiger partial charge in [0.05, 0.1) is 13.2 Å². The lowest BCUT2D eigenvalue weighted by Crippen LogP contribution is -2.36. The third-order valence-electron chi connectivity index (χ3n) is 3.18. The highest BCUT2D eigenvalue weighted by molar-refractivity contribution is 5.42. The van der Waals surface area contributed by atoms with Crippen molar-refractivity contribution in [1.82, 2.24) is 0 Å². The van der Waals surface area contributed by atoms with E-state index in [0.29, 0.717) is 17.7 Å². The Kier molecular flexibility index (Phi) is 4.59. The number of rotatable bonds is 4. The summed E-state index contributed by atoms with van der Waals surface area (Å²) in [7, 11) is 1.49. The lowest BCUT2D eigenvalue weighted by Gasteiger charge is -2.29. The number of ether oxygens (including phenoxy) is 1. The minimum atomic E-state index is -0.684. The minimum Gasteiger partial charge on any atom is -0.504 e. The largest absolute Gasteiger partial charge is 0.504 e. The fourth-order valence-electron chi connectivity index (χ4n) is 1.64. The standard InChI is InChI=1S/C14H23NO3/c1-14(2,3)13(15)8-10(16)9-5-6-12(18-4)11(17)7-9/h5-7,10,13,16-17H,8,15H2,1-4H3/t10-,13-/m1/s1. The van der Waals surface area contributed by atoms with Crippen molar-refractivity contribution in [3.63, 3.8) is 0 Å². The van der Waals surface area contributed by atoms with Crippen LogP contribution in [0.25, 0.3) is 0 Å².